The minimum absolute atomic E-state index is 0.250. The first kappa shape index (κ1) is 15.4. The van der Waals surface area contributed by atoms with Gasteiger partial charge in [0.25, 0.3) is 6.47 Å². The molecule has 0 aliphatic rings. The molecule has 1 unspecified atom stereocenters. The molecule has 0 saturated heterocycles. The van der Waals surface area contributed by atoms with E-state index in [1.54, 1.807) is 0 Å². The summed E-state index contributed by atoms with van der Waals surface area (Å²) in [6.07, 6.45) is 0. The summed E-state index contributed by atoms with van der Waals surface area (Å²) >= 11 is 4.89. The van der Waals surface area contributed by atoms with Crippen molar-refractivity contribution in [2.75, 3.05) is 0 Å². The van der Waals surface area contributed by atoms with Gasteiger partial charge in [0, 0.05) is 0 Å². The van der Waals surface area contributed by atoms with E-state index in [4.69, 9.17) is 25.4 Å². The van der Waals surface area contributed by atoms with Crippen molar-refractivity contribution in [2.24, 2.45) is 0 Å². The Balaban J connectivity index is 0. The molecule has 0 aromatic rings. The molecule has 0 saturated carbocycles. The van der Waals surface area contributed by atoms with Gasteiger partial charge in [-0.2, -0.15) is 0 Å². The van der Waals surface area contributed by atoms with Crippen LogP contribution in [0.1, 0.15) is 34.6 Å². The van der Waals surface area contributed by atoms with E-state index in [9.17, 15) is 0 Å². The van der Waals surface area contributed by atoms with Gasteiger partial charge in [-0.3, -0.25) is 4.79 Å². The van der Waals surface area contributed by atoms with Gasteiger partial charge in [0.05, 0.1) is 0 Å². The van der Waals surface area contributed by atoms with E-state index in [0.717, 1.165) is 0 Å². The summed E-state index contributed by atoms with van der Waals surface area (Å²) in [6.45, 7) is 10.6. The summed E-state index contributed by atoms with van der Waals surface area (Å²) in [4.78, 5) is 10.7. The Hall–Kier alpha value is -0.0765. The molecule has 0 aliphatic carbocycles. The van der Waals surface area contributed by atoms with Gasteiger partial charge >= 0.3 is 72.1 Å². The van der Waals surface area contributed by atoms with E-state index in [1.807, 2.05) is 0 Å². The molecule has 0 aromatic carbocycles. The number of carbonyl (C=O) groups is 1. The third kappa shape index (κ3) is 8.26. The quantitative estimate of drug-likeness (QED) is 0.595. The first-order valence-electron chi connectivity index (χ1n) is 4.34. The zero-order chi connectivity index (χ0) is 11.0. The second-order valence-electron chi connectivity index (χ2n) is 3.26. The second-order valence-corrected chi connectivity index (χ2v) is 4.09. The number of rotatable bonds is 3. The topological polar surface area (TPSA) is 40.5 Å². The van der Waals surface area contributed by atoms with Gasteiger partial charge in [0.1, 0.15) is 0 Å². The molecule has 1 N–H and O–H groups in total. The van der Waals surface area contributed by atoms with Crippen molar-refractivity contribution >= 4 is 6.47 Å². The zero-order valence-electron chi connectivity index (χ0n) is 8.93. The molecule has 0 bridgehead atoms. The van der Waals surface area contributed by atoms with Crippen LogP contribution in [0.2, 0.25) is 0 Å². The van der Waals surface area contributed by atoms with E-state index in [1.165, 1.54) is 0 Å². The van der Waals surface area contributed by atoms with Gasteiger partial charge in [-0.25, -0.2) is 0 Å². The third-order valence-corrected chi connectivity index (χ3v) is 1.88. The van der Waals surface area contributed by atoms with Crippen molar-refractivity contribution in [2.45, 2.75) is 51.7 Å². The summed E-state index contributed by atoms with van der Waals surface area (Å²) in [5.41, 5.74) is 0. The van der Waals surface area contributed by atoms with Gasteiger partial charge in [0.15, 0.2) is 0 Å². The fourth-order valence-corrected chi connectivity index (χ4v) is 1.97. The largest absolute Gasteiger partial charge is 0.483 e. The van der Waals surface area contributed by atoms with E-state index in [2.05, 4.69) is 39.5 Å². The Labute approximate surface area is 88.9 Å². The molecule has 83 valence electrons. The van der Waals surface area contributed by atoms with Crippen LogP contribution in [0.4, 0.5) is 0 Å². The standard InChI is InChI=1S/C8H18N.CH2O2.Ni/c1-6-9(7(2)3)8(4)5;2-1-3;/h6-8H,1-5H3;1H,(H,2,3);. The molecule has 0 heterocycles. The molecule has 0 amide bonds. The van der Waals surface area contributed by atoms with Gasteiger partial charge < -0.3 is 5.11 Å². The zero-order valence-corrected chi connectivity index (χ0v) is 9.92. The Morgan fingerprint density at radius 3 is 1.38 bits per heavy atom. The maximum absolute atomic E-state index is 8.36. The maximum atomic E-state index is 8.36. The summed E-state index contributed by atoms with van der Waals surface area (Å²) in [6, 6.07) is 1.15. The fourth-order valence-electron chi connectivity index (χ4n) is 1.38. The van der Waals surface area contributed by atoms with Crippen LogP contribution in [0.25, 0.3) is 0 Å². The molecule has 0 aliphatic heterocycles. The van der Waals surface area contributed by atoms with Gasteiger partial charge in [-0.1, -0.05) is 0 Å². The predicted molar refractivity (Wildman–Crippen MR) is 50.3 cm³/mol. The first-order valence-corrected chi connectivity index (χ1v) is 4.91. The van der Waals surface area contributed by atoms with Crippen molar-refractivity contribution in [3.05, 3.63) is 0 Å². The minimum atomic E-state index is -0.250. The second kappa shape index (κ2) is 8.52. The SMILES string of the molecule is CC(C)N(C(C)C)[CH](C)[Ni].O=CO. The molecule has 4 heteroatoms. The van der Waals surface area contributed by atoms with Crippen LogP contribution < -0.4 is 0 Å². The molecular weight excluding hydrogens is 213 g/mol. The van der Waals surface area contributed by atoms with Gasteiger partial charge in [-0.15, -0.1) is 0 Å². The van der Waals surface area contributed by atoms with Gasteiger partial charge in [-0.05, 0) is 0 Å². The van der Waals surface area contributed by atoms with Crippen LogP contribution in [0.15, 0.2) is 0 Å². The molecule has 0 spiro atoms. The van der Waals surface area contributed by atoms with Crippen molar-refractivity contribution in [1.29, 1.82) is 0 Å². The van der Waals surface area contributed by atoms with E-state index in [0.29, 0.717) is 17.1 Å². The maximum Gasteiger partial charge on any atom is 0.290 e. The van der Waals surface area contributed by atoms with Crippen molar-refractivity contribution in [3.8, 4) is 0 Å². The van der Waals surface area contributed by atoms with Crippen LogP contribution in [0.5, 0.6) is 0 Å². The molecule has 13 heavy (non-hydrogen) atoms. The van der Waals surface area contributed by atoms with Crippen molar-refractivity contribution < 1.29 is 25.4 Å². The molecular formula is C9H20NNiO2. The normalized spacial score (nSPS) is 12.8. The summed E-state index contributed by atoms with van der Waals surface area (Å²) in [7, 11) is 0. The number of hydrogen-bond acceptors (Lipinski definition) is 2. The van der Waals surface area contributed by atoms with Crippen molar-refractivity contribution in [3.63, 3.8) is 0 Å². The minimum Gasteiger partial charge on any atom is -0.483 e. The van der Waals surface area contributed by atoms with E-state index < -0.39 is 0 Å². The van der Waals surface area contributed by atoms with Gasteiger partial charge in [0.2, 0.25) is 0 Å². The monoisotopic (exact) mass is 232 g/mol. The predicted octanol–water partition coefficient (Wildman–Crippen LogP) is 1.70. The molecule has 0 rings (SSSR count). The van der Waals surface area contributed by atoms with Crippen LogP contribution in [0, 0.1) is 0 Å². The van der Waals surface area contributed by atoms with Crippen LogP contribution in [-0.4, -0.2) is 33.6 Å². The third-order valence-electron chi connectivity index (χ3n) is 1.58. The number of carboxylic acid groups (broad SMARTS) is 1. The molecule has 0 radical (unpaired) electrons. The Morgan fingerprint density at radius 1 is 1.15 bits per heavy atom. The smallest absolute Gasteiger partial charge is 0.290 e. The molecule has 1 atom stereocenters. The Bertz CT molecular complexity index is 108. The average Bonchev–Trinajstić information content (AvgIpc) is 1.84. The molecule has 3 nitrogen and oxygen atoms in total. The van der Waals surface area contributed by atoms with Crippen LogP contribution in [0.3, 0.4) is 0 Å². The number of nitrogens with zero attached hydrogens (tertiary/aromatic N) is 1. The van der Waals surface area contributed by atoms with Crippen molar-refractivity contribution in [1.82, 2.24) is 4.90 Å². The number of hydrogen-bond donors (Lipinski definition) is 1. The summed E-state index contributed by atoms with van der Waals surface area (Å²) in [5, 5.41) is 7.18. The van der Waals surface area contributed by atoms with Crippen LogP contribution in [-0.2, 0) is 20.3 Å². The average molecular weight is 233 g/mol. The Kier molecular flexibility index (Phi) is 10.1. The molecule has 0 aromatic heterocycles. The fraction of sp³-hybridized carbons (Fsp3) is 0.889. The summed E-state index contributed by atoms with van der Waals surface area (Å²) in [5.74, 6) is 0. The van der Waals surface area contributed by atoms with E-state index in [-0.39, 0.29) is 6.47 Å². The molecule has 0 fully saturated rings. The van der Waals surface area contributed by atoms with Crippen LogP contribution >= 0.6 is 0 Å². The van der Waals surface area contributed by atoms with E-state index >= 15 is 0 Å². The Morgan fingerprint density at radius 2 is 1.38 bits per heavy atom. The first-order chi connectivity index (χ1) is 5.88. The summed E-state index contributed by atoms with van der Waals surface area (Å²) < 4.78 is 0.